The zero-order chi connectivity index (χ0) is 20.0. The van der Waals surface area contributed by atoms with Crippen molar-refractivity contribution in [1.82, 2.24) is 10.6 Å². The minimum Gasteiger partial charge on any atom is -0.444 e. The number of sulfone groups is 1. The minimum atomic E-state index is -3.40. The topological polar surface area (TPSA) is 119 Å². The van der Waals surface area contributed by atoms with Gasteiger partial charge in [-0.3, -0.25) is 10.1 Å². The summed E-state index contributed by atoms with van der Waals surface area (Å²) < 4.78 is 28.3. The van der Waals surface area contributed by atoms with Crippen molar-refractivity contribution in [1.29, 1.82) is 0 Å². The molecule has 0 aliphatic carbocycles. The molecule has 1 atom stereocenters. The highest BCUT2D eigenvalue weighted by molar-refractivity contribution is 7.90. The highest BCUT2D eigenvalue weighted by Crippen LogP contribution is 2.20. The normalized spacial score (nSPS) is 11.9. The molecule has 2 aromatic carbocycles. The zero-order valence-electron chi connectivity index (χ0n) is 14.6. The van der Waals surface area contributed by atoms with Crippen molar-refractivity contribution in [2.24, 2.45) is 0 Å². The predicted molar refractivity (Wildman–Crippen MR) is 96.7 cm³/mol. The Morgan fingerprint density at radius 3 is 2.07 bits per heavy atom. The van der Waals surface area contributed by atoms with Crippen LogP contribution in [0.2, 0.25) is 0 Å². The number of imide groups is 1. The summed E-state index contributed by atoms with van der Waals surface area (Å²) in [5, 5.41) is 4.31. The number of benzene rings is 2. The molecule has 142 valence electrons. The van der Waals surface area contributed by atoms with Gasteiger partial charge in [0.15, 0.2) is 9.84 Å². The van der Waals surface area contributed by atoms with Crippen molar-refractivity contribution in [3.63, 3.8) is 0 Å². The van der Waals surface area contributed by atoms with E-state index in [0.29, 0.717) is 5.56 Å². The Balaban J connectivity index is 2.25. The van der Waals surface area contributed by atoms with Crippen molar-refractivity contribution in [2.45, 2.75) is 11.0 Å². The first-order chi connectivity index (χ1) is 12.7. The second-order valence-corrected chi connectivity index (χ2v) is 7.58. The van der Waals surface area contributed by atoms with Gasteiger partial charge in [0.25, 0.3) is 5.91 Å². The van der Waals surface area contributed by atoms with Gasteiger partial charge >= 0.3 is 12.0 Å². The highest BCUT2D eigenvalue weighted by Gasteiger charge is 2.27. The molecule has 0 spiro atoms. The number of nitrogens with one attached hydrogen (secondary N) is 2. The fraction of sp³-hybridized carbons (Fsp3) is 0.167. The van der Waals surface area contributed by atoms with Crippen molar-refractivity contribution < 1.29 is 27.5 Å². The van der Waals surface area contributed by atoms with Gasteiger partial charge in [-0.05, 0) is 24.3 Å². The van der Waals surface area contributed by atoms with E-state index in [1.165, 1.54) is 31.3 Å². The first kappa shape index (κ1) is 20.1. The van der Waals surface area contributed by atoms with Crippen molar-refractivity contribution in [2.75, 3.05) is 13.3 Å². The van der Waals surface area contributed by atoms with Crippen LogP contribution in [-0.4, -0.2) is 39.6 Å². The smallest absolute Gasteiger partial charge is 0.339 e. The molecule has 2 aromatic rings. The Labute approximate surface area is 156 Å². The Hall–Kier alpha value is -3.20. The summed E-state index contributed by atoms with van der Waals surface area (Å²) in [6.07, 6.45) is -0.305. The van der Waals surface area contributed by atoms with Crippen molar-refractivity contribution in [3.05, 3.63) is 65.7 Å². The third kappa shape index (κ3) is 5.38. The second-order valence-electron chi connectivity index (χ2n) is 5.56. The fourth-order valence-electron chi connectivity index (χ4n) is 2.15. The highest BCUT2D eigenvalue weighted by atomic mass is 32.2. The number of ether oxygens (including phenoxy) is 1. The van der Waals surface area contributed by atoms with E-state index in [1.54, 1.807) is 30.3 Å². The Bertz CT molecular complexity index is 940. The molecule has 0 bridgehead atoms. The third-order valence-electron chi connectivity index (χ3n) is 3.55. The van der Waals surface area contributed by atoms with E-state index in [1.807, 2.05) is 0 Å². The van der Waals surface area contributed by atoms with Gasteiger partial charge in [0, 0.05) is 18.9 Å². The van der Waals surface area contributed by atoms with E-state index < -0.39 is 33.8 Å². The van der Waals surface area contributed by atoms with Crippen LogP contribution in [0, 0.1) is 0 Å². The number of esters is 1. The van der Waals surface area contributed by atoms with E-state index in [4.69, 9.17) is 4.74 Å². The van der Waals surface area contributed by atoms with Crippen molar-refractivity contribution >= 4 is 27.7 Å². The molecule has 0 aliphatic heterocycles. The number of hydrogen-bond acceptors (Lipinski definition) is 6. The molecule has 0 saturated heterocycles. The van der Waals surface area contributed by atoms with Crippen LogP contribution in [0.15, 0.2) is 59.5 Å². The lowest BCUT2D eigenvalue weighted by atomic mass is 10.1. The lowest BCUT2D eigenvalue weighted by Gasteiger charge is -2.17. The maximum absolute atomic E-state index is 12.4. The summed E-state index contributed by atoms with van der Waals surface area (Å²) in [4.78, 5) is 36.2. The van der Waals surface area contributed by atoms with Crippen molar-refractivity contribution in [3.8, 4) is 0 Å². The van der Waals surface area contributed by atoms with E-state index in [-0.39, 0.29) is 10.5 Å². The van der Waals surface area contributed by atoms with Crippen LogP contribution >= 0.6 is 0 Å². The molecule has 8 nitrogen and oxygen atoms in total. The van der Waals surface area contributed by atoms with Crippen LogP contribution in [0.3, 0.4) is 0 Å². The maximum Gasteiger partial charge on any atom is 0.339 e. The number of carbonyl (C=O) groups excluding carboxylic acids is 3. The molecule has 0 unspecified atom stereocenters. The Kier molecular flexibility index (Phi) is 6.30. The Morgan fingerprint density at radius 2 is 1.56 bits per heavy atom. The fourth-order valence-corrected chi connectivity index (χ4v) is 2.78. The summed E-state index contributed by atoms with van der Waals surface area (Å²) in [6.45, 7) is 0. The first-order valence-corrected chi connectivity index (χ1v) is 9.70. The van der Waals surface area contributed by atoms with E-state index >= 15 is 0 Å². The minimum absolute atomic E-state index is 0.0519. The third-order valence-corrected chi connectivity index (χ3v) is 4.68. The maximum atomic E-state index is 12.4. The van der Waals surface area contributed by atoms with Gasteiger partial charge in [-0.15, -0.1) is 0 Å². The molecular weight excluding hydrogens is 372 g/mol. The molecule has 2 rings (SSSR count). The SMILES string of the molecule is CNC(=O)NC(=O)[C@@H](OC(=O)c1ccc(S(C)(=O)=O)cc1)c1ccccc1. The monoisotopic (exact) mass is 390 g/mol. The van der Waals surface area contributed by atoms with Crippen LogP contribution in [0.5, 0.6) is 0 Å². The van der Waals surface area contributed by atoms with Crippen LogP contribution in [-0.2, 0) is 19.4 Å². The van der Waals surface area contributed by atoms with E-state index in [2.05, 4.69) is 10.6 Å². The summed E-state index contributed by atoms with van der Waals surface area (Å²) in [7, 11) is -2.06. The summed E-state index contributed by atoms with van der Waals surface area (Å²) in [5.41, 5.74) is 0.441. The first-order valence-electron chi connectivity index (χ1n) is 7.81. The predicted octanol–water partition coefficient (Wildman–Crippen LogP) is 1.44. The van der Waals surface area contributed by atoms with Gasteiger partial charge in [-0.2, -0.15) is 0 Å². The average molecular weight is 390 g/mol. The average Bonchev–Trinajstić information content (AvgIpc) is 2.65. The van der Waals surface area contributed by atoms with Gasteiger partial charge in [0.1, 0.15) is 0 Å². The largest absolute Gasteiger partial charge is 0.444 e. The van der Waals surface area contributed by atoms with Gasteiger partial charge in [-0.25, -0.2) is 18.0 Å². The molecule has 0 radical (unpaired) electrons. The number of rotatable bonds is 5. The molecule has 0 fully saturated rings. The molecule has 0 heterocycles. The standard InChI is InChI=1S/C18H18N2O6S/c1-19-18(23)20-16(21)15(12-6-4-3-5-7-12)26-17(22)13-8-10-14(11-9-13)27(2,24)25/h3-11,15H,1-2H3,(H2,19,20,21,23)/t15-/m0/s1. The second kappa shape index (κ2) is 8.45. The van der Waals surface area contributed by atoms with Gasteiger partial charge in [-0.1, -0.05) is 30.3 Å². The van der Waals surface area contributed by atoms with Crippen LogP contribution < -0.4 is 10.6 Å². The van der Waals surface area contributed by atoms with Crippen LogP contribution in [0.4, 0.5) is 4.79 Å². The molecule has 27 heavy (non-hydrogen) atoms. The molecule has 9 heteroatoms. The molecule has 3 amide bonds. The molecular formula is C18H18N2O6S. The van der Waals surface area contributed by atoms with Gasteiger partial charge in [0.2, 0.25) is 6.10 Å². The van der Waals surface area contributed by atoms with Crippen LogP contribution in [0.1, 0.15) is 22.0 Å². The van der Waals surface area contributed by atoms with Gasteiger partial charge in [0.05, 0.1) is 10.5 Å². The van der Waals surface area contributed by atoms with Crippen LogP contribution in [0.25, 0.3) is 0 Å². The summed E-state index contributed by atoms with van der Waals surface area (Å²) in [5.74, 6) is -1.65. The summed E-state index contributed by atoms with van der Waals surface area (Å²) in [6, 6.07) is 12.6. The van der Waals surface area contributed by atoms with E-state index in [0.717, 1.165) is 6.26 Å². The molecule has 0 aromatic heterocycles. The number of urea groups is 1. The number of carbonyl (C=O) groups is 3. The lowest BCUT2D eigenvalue weighted by Crippen LogP contribution is -2.41. The Morgan fingerprint density at radius 1 is 0.963 bits per heavy atom. The molecule has 0 saturated carbocycles. The quantitative estimate of drug-likeness (QED) is 0.746. The summed E-state index contributed by atoms with van der Waals surface area (Å²) >= 11 is 0. The lowest BCUT2D eigenvalue weighted by molar-refractivity contribution is -0.129. The molecule has 2 N–H and O–H groups in total. The van der Waals surface area contributed by atoms with Gasteiger partial charge < -0.3 is 10.1 Å². The van der Waals surface area contributed by atoms with E-state index in [9.17, 15) is 22.8 Å². The zero-order valence-corrected chi connectivity index (χ0v) is 15.4. The number of amides is 3. The molecule has 0 aliphatic rings. The number of hydrogen-bond donors (Lipinski definition) is 2.